The summed E-state index contributed by atoms with van der Waals surface area (Å²) in [5, 5.41) is 0. The van der Waals surface area contributed by atoms with E-state index in [0.717, 1.165) is 0 Å². The average Bonchev–Trinajstić information content (AvgIpc) is 2.77. The number of ether oxygens (including phenoxy) is 1. The number of aromatic nitrogens is 1. The van der Waals surface area contributed by atoms with Crippen molar-refractivity contribution in [3.63, 3.8) is 0 Å². The SMILES string of the molecule is C[Si](C)(C)OCCOC1=CCc2c(Br)cnc(C(F)(F)F)c21. The zero-order chi connectivity index (χ0) is 16.5. The van der Waals surface area contributed by atoms with Crippen LogP contribution in [0.1, 0.15) is 16.8 Å². The van der Waals surface area contributed by atoms with Gasteiger partial charge in [0.1, 0.15) is 12.4 Å². The van der Waals surface area contributed by atoms with Crippen LogP contribution in [0.25, 0.3) is 5.76 Å². The smallest absolute Gasteiger partial charge is 0.434 e. The zero-order valence-electron chi connectivity index (χ0n) is 12.6. The molecule has 8 heteroatoms. The van der Waals surface area contributed by atoms with E-state index in [2.05, 4.69) is 20.9 Å². The van der Waals surface area contributed by atoms with Crippen molar-refractivity contribution >= 4 is 30.0 Å². The largest absolute Gasteiger partial charge is 0.491 e. The number of nitrogens with zero attached hydrogens (tertiary/aromatic N) is 1. The first-order valence-electron chi connectivity index (χ1n) is 6.81. The molecule has 0 N–H and O–H groups in total. The number of hydrogen-bond acceptors (Lipinski definition) is 3. The van der Waals surface area contributed by atoms with Crippen molar-refractivity contribution in [3.8, 4) is 0 Å². The molecule has 3 nitrogen and oxygen atoms in total. The predicted octanol–water partition coefficient (Wildman–Crippen LogP) is 4.63. The molecule has 0 saturated carbocycles. The predicted molar refractivity (Wildman–Crippen MR) is 83.9 cm³/mol. The Hall–Kier alpha value is -0.863. The molecular weight excluding hydrogens is 379 g/mol. The lowest BCUT2D eigenvalue weighted by Crippen LogP contribution is -2.27. The highest BCUT2D eigenvalue weighted by molar-refractivity contribution is 9.10. The lowest BCUT2D eigenvalue weighted by Gasteiger charge is -2.18. The van der Waals surface area contributed by atoms with Crippen LogP contribution in [0, 0.1) is 0 Å². The van der Waals surface area contributed by atoms with Gasteiger partial charge in [-0.2, -0.15) is 13.2 Å². The molecule has 0 amide bonds. The molecule has 0 aliphatic heterocycles. The van der Waals surface area contributed by atoms with Crippen LogP contribution in [0.2, 0.25) is 19.6 Å². The van der Waals surface area contributed by atoms with E-state index in [4.69, 9.17) is 9.16 Å². The minimum absolute atomic E-state index is 0.0369. The third-order valence-corrected chi connectivity index (χ3v) is 4.77. The van der Waals surface area contributed by atoms with Crippen LogP contribution in [-0.2, 0) is 21.8 Å². The van der Waals surface area contributed by atoms with Gasteiger partial charge in [-0.25, -0.2) is 4.98 Å². The summed E-state index contributed by atoms with van der Waals surface area (Å²) in [7, 11) is -1.65. The van der Waals surface area contributed by atoms with Crippen molar-refractivity contribution < 1.29 is 22.3 Å². The van der Waals surface area contributed by atoms with Crippen LogP contribution in [0.15, 0.2) is 16.7 Å². The average molecular weight is 396 g/mol. The molecule has 1 aliphatic carbocycles. The van der Waals surface area contributed by atoms with E-state index in [9.17, 15) is 13.2 Å². The standard InChI is InChI=1S/C14H17BrF3NO2Si/c1-22(2,3)21-7-6-20-11-5-4-9-10(15)8-19-13(12(9)11)14(16,17)18/h5,8H,4,6-7H2,1-3H3. The minimum Gasteiger partial charge on any atom is -0.491 e. The van der Waals surface area contributed by atoms with Gasteiger partial charge in [0, 0.05) is 10.7 Å². The Morgan fingerprint density at radius 3 is 2.55 bits per heavy atom. The number of allylic oxidation sites excluding steroid dienone is 1. The monoisotopic (exact) mass is 395 g/mol. The maximum absolute atomic E-state index is 13.1. The van der Waals surface area contributed by atoms with Gasteiger partial charge in [-0.1, -0.05) is 0 Å². The van der Waals surface area contributed by atoms with Crippen LogP contribution in [0.5, 0.6) is 0 Å². The second-order valence-electron chi connectivity index (χ2n) is 5.89. The Morgan fingerprint density at radius 1 is 1.27 bits per heavy atom. The van der Waals surface area contributed by atoms with E-state index < -0.39 is 20.2 Å². The van der Waals surface area contributed by atoms with Crippen LogP contribution in [0.4, 0.5) is 13.2 Å². The fourth-order valence-electron chi connectivity index (χ4n) is 2.13. The summed E-state index contributed by atoms with van der Waals surface area (Å²) < 4.78 is 51.0. The van der Waals surface area contributed by atoms with Crippen molar-refractivity contribution in [1.29, 1.82) is 0 Å². The first kappa shape index (κ1) is 17.5. The van der Waals surface area contributed by atoms with Gasteiger partial charge < -0.3 is 9.16 Å². The molecule has 0 unspecified atom stereocenters. The molecule has 0 fully saturated rings. The molecule has 0 saturated heterocycles. The number of alkyl halides is 3. The molecule has 0 atom stereocenters. The van der Waals surface area contributed by atoms with Gasteiger partial charge >= 0.3 is 6.18 Å². The Labute approximate surface area is 136 Å². The first-order valence-corrected chi connectivity index (χ1v) is 11.0. The second-order valence-corrected chi connectivity index (χ2v) is 11.3. The summed E-state index contributed by atoms with van der Waals surface area (Å²) in [6.45, 7) is 6.71. The molecular formula is C14H17BrF3NO2Si. The maximum Gasteiger partial charge on any atom is 0.434 e. The van der Waals surface area contributed by atoms with Gasteiger partial charge in [0.15, 0.2) is 14.0 Å². The van der Waals surface area contributed by atoms with Crippen LogP contribution in [0.3, 0.4) is 0 Å². The second kappa shape index (κ2) is 6.33. The molecule has 122 valence electrons. The topological polar surface area (TPSA) is 31.4 Å². The van der Waals surface area contributed by atoms with E-state index in [1.165, 1.54) is 6.20 Å². The molecule has 0 bridgehead atoms. The molecule has 1 aliphatic rings. The lowest BCUT2D eigenvalue weighted by molar-refractivity contribution is -0.141. The highest BCUT2D eigenvalue weighted by Gasteiger charge is 2.39. The molecule has 1 heterocycles. The van der Waals surface area contributed by atoms with Crippen molar-refractivity contribution in [2.45, 2.75) is 32.2 Å². The van der Waals surface area contributed by atoms with Crippen LogP contribution in [-0.4, -0.2) is 26.5 Å². The van der Waals surface area contributed by atoms with Gasteiger partial charge in [-0.15, -0.1) is 0 Å². The minimum atomic E-state index is -4.51. The van der Waals surface area contributed by atoms with E-state index in [0.29, 0.717) is 23.1 Å². The number of fused-ring (bicyclic) bond motifs is 1. The normalized spacial score (nSPS) is 14.8. The van der Waals surface area contributed by atoms with E-state index >= 15 is 0 Å². The van der Waals surface area contributed by atoms with E-state index in [1.54, 1.807) is 6.08 Å². The van der Waals surface area contributed by atoms with Crippen molar-refractivity contribution in [3.05, 3.63) is 33.6 Å². The third-order valence-electron chi connectivity index (χ3n) is 3.02. The summed E-state index contributed by atoms with van der Waals surface area (Å²) in [4.78, 5) is 3.52. The summed E-state index contributed by atoms with van der Waals surface area (Å²) in [6, 6.07) is 0. The molecule has 0 aromatic carbocycles. The number of rotatable bonds is 5. The van der Waals surface area contributed by atoms with E-state index in [-0.39, 0.29) is 17.9 Å². The van der Waals surface area contributed by atoms with Crippen LogP contribution >= 0.6 is 15.9 Å². The molecule has 2 rings (SSSR count). The summed E-state index contributed by atoms with van der Waals surface area (Å²) in [5.74, 6) is 0.232. The Kier molecular flexibility index (Phi) is 5.03. The summed E-state index contributed by atoms with van der Waals surface area (Å²) >= 11 is 3.25. The molecule has 0 spiro atoms. The quantitative estimate of drug-likeness (QED) is 0.537. The summed E-state index contributed by atoms with van der Waals surface area (Å²) in [5.41, 5.74) is -0.307. The zero-order valence-corrected chi connectivity index (χ0v) is 15.1. The highest BCUT2D eigenvalue weighted by atomic mass is 79.9. The maximum atomic E-state index is 13.1. The van der Waals surface area contributed by atoms with Crippen molar-refractivity contribution in [2.75, 3.05) is 13.2 Å². The van der Waals surface area contributed by atoms with E-state index in [1.807, 2.05) is 19.6 Å². The van der Waals surface area contributed by atoms with Gasteiger partial charge in [-0.05, 0) is 53.6 Å². The van der Waals surface area contributed by atoms with Gasteiger partial charge in [0.2, 0.25) is 0 Å². The number of hydrogen-bond donors (Lipinski definition) is 0. The molecule has 0 radical (unpaired) electrons. The fraction of sp³-hybridized carbons (Fsp3) is 0.500. The molecule has 1 aromatic rings. The third kappa shape index (κ3) is 4.11. The van der Waals surface area contributed by atoms with Crippen molar-refractivity contribution in [2.24, 2.45) is 0 Å². The number of pyridine rings is 1. The van der Waals surface area contributed by atoms with Crippen LogP contribution < -0.4 is 0 Å². The molecule has 22 heavy (non-hydrogen) atoms. The number of halogens is 4. The van der Waals surface area contributed by atoms with Crippen molar-refractivity contribution in [1.82, 2.24) is 4.98 Å². The lowest BCUT2D eigenvalue weighted by atomic mass is 10.1. The highest BCUT2D eigenvalue weighted by Crippen LogP contribution is 2.41. The molecule has 1 aromatic heterocycles. The first-order chi connectivity index (χ1) is 10.1. The summed E-state index contributed by atoms with van der Waals surface area (Å²) in [6.07, 6.45) is -1.27. The van der Waals surface area contributed by atoms with Gasteiger partial charge in [-0.3, -0.25) is 0 Å². The Bertz CT molecular complexity index is 597. The van der Waals surface area contributed by atoms with Gasteiger partial charge in [0.25, 0.3) is 0 Å². The van der Waals surface area contributed by atoms with Gasteiger partial charge in [0.05, 0.1) is 12.2 Å². The Balaban J connectivity index is 2.15. The fourth-order valence-corrected chi connectivity index (χ4v) is 3.29. The Morgan fingerprint density at radius 2 is 1.95 bits per heavy atom.